The molecule has 1 fully saturated rings. The highest BCUT2D eigenvalue weighted by atomic mass is 16.5. The van der Waals surface area contributed by atoms with Crippen molar-refractivity contribution in [3.05, 3.63) is 84.2 Å². The Morgan fingerprint density at radius 3 is 2.27 bits per heavy atom. The number of nitrogens with zero attached hydrogens (tertiary/aromatic N) is 4. The molecular weight excluding hydrogens is 502 g/mol. The average Bonchev–Trinajstić information content (AvgIpc) is 2.97. The van der Waals surface area contributed by atoms with E-state index in [1.807, 2.05) is 63.2 Å². The topological polar surface area (TPSA) is 87.7 Å². The van der Waals surface area contributed by atoms with Gasteiger partial charge in [-0.1, -0.05) is 75.4 Å². The van der Waals surface area contributed by atoms with Crippen molar-refractivity contribution in [2.24, 2.45) is 11.8 Å². The summed E-state index contributed by atoms with van der Waals surface area (Å²) in [5.41, 5.74) is 3.06. The zero-order valence-electron chi connectivity index (χ0n) is 24.2. The second-order valence-electron chi connectivity index (χ2n) is 11.0. The quantitative estimate of drug-likeness (QED) is 0.409. The molecule has 40 heavy (non-hydrogen) atoms. The van der Waals surface area contributed by atoms with E-state index in [0.29, 0.717) is 32.1 Å². The summed E-state index contributed by atoms with van der Waals surface area (Å²) in [5, 5.41) is 3.11. The van der Waals surface area contributed by atoms with Gasteiger partial charge in [0.25, 0.3) is 0 Å². The van der Waals surface area contributed by atoms with E-state index in [9.17, 15) is 9.59 Å². The molecule has 0 spiro atoms. The van der Waals surface area contributed by atoms with Crippen molar-refractivity contribution in [2.75, 3.05) is 26.8 Å². The minimum atomic E-state index is -0.600. The molecule has 1 aliphatic heterocycles. The normalized spacial score (nSPS) is 19.3. The Balaban J connectivity index is 1.54. The molecule has 1 unspecified atom stereocenters. The fourth-order valence-electron chi connectivity index (χ4n) is 5.65. The van der Waals surface area contributed by atoms with E-state index < -0.39 is 6.04 Å². The molecule has 212 valence electrons. The van der Waals surface area contributed by atoms with Crippen LogP contribution in [0.1, 0.15) is 44.9 Å². The van der Waals surface area contributed by atoms with E-state index in [0.717, 1.165) is 11.1 Å². The summed E-state index contributed by atoms with van der Waals surface area (Å²) in [6, 6.07) is 19.3. The highest BCUT2D eigenvalue weighted by molar-refractivity contribution is 5.89. The van der Waals surface area contributed by atoms with Crippen molar-refractivity contribution in [3.63, 3.8) is 0 Å². The molecule has 2 amide bonds. The van der Waals surface area contributed by atoms with E-state index in [4.69, 9.17) is 4.74 Å². The van der Waals surface area contributed by atoms with E-state index >= 15 is 0 Å². The maximum atomic E-state index is 13.8. The monoisotopic (exact) mass is 543 g/mol. The Bertz CT molecular complexity index is 1240. The number of methoxy groups -OCH3 is 1. The van der Waals surface area contributed by atoms with Gasteiger partial charge in [0.1, 0.15) is 6.04 Å². The van der Waals surface area contributed by atoms with Gasteiger partial charge in [0, 0.05) is 62.7 Å². The van der Waals surface area contributed by atoms with Gasteiger partial charge in [0.05, 0.1) is 6.61 Å². The van der Waals surface area contributed by atoms with Crippen LogP contribution < -0.4 is 5.32 Å². The first-order chi connectivity index (χ1) is 19.3. The molecule has 1 aromatic heterocycles. The Kier molecular flexibility index (Phi) is 10.0. The second kappa shape index (κ2) is 13.6. The third-order valence-electron chi connectivity index (χ3n) is 7.52. The van der Waals surface area contributed by atoms with E-state index in [2.05, 4.69) is 39.2 Å². The van der Waals surface area contributed by atoms with Crippen LogP contribution in [0.15, 0.2) is 73.1 Å². The molecule has 0 aliphatic carbocycles. The Morgan fingerprint density at radius 2 is 1.65 bits per heavy atom. The first-order valence-corrected chi connectivity index (χ1v) is 14.0. The van der Waals surface area contributed by atoms with Gasteiger partial charge in [0.2, 0.25) is 11.8 Å². The van der Waals surface area contributed by atoms with Crippen LogP contribution in [0.3, 0.4) is 0 Å². The first kappa shape index (κ1) is 29.4. The lowest BCUT2D eigenvalue weighted by atomic mass is 9.90. The Morgan fingerprint density at radius 1 is 0.975 bits per heavy atom. The van der Waals surface area contributed by atoms with Crippen LogP contribution in [0, 0.1) is 11.8 Å². The maximum absolute atomic E-state index is 13.8. The summed E-state index contributed by atoms with van der Waals surface area (Å²) in [4.78, 5) is 39.9. The molecule has 2 heterocycles. The zero-order valence-corrected chi connectivity index (χ0v) is 24.2. The van der Waals surface area contributed by atoms with Gasteiger partial charge in [-0.3, -0.25) is 14.5 Å². The maximum Gasteiger partial charge on any atom is 0.244 e. The number of rotatable bonds is 10. The van der Waals surface area contributed by atoms with Crippen molar-refractivity contribution in [3.8, 4) is 11.4 Å². The fraction of sp³-hybridized carbons (Fsp3) is 0.438. The summed E-state index contributed by atoms with van der Waals surface area (Å²) in [5.74, 6) is 0.512. The number of ether oxygens (including phenoxy) is 1. The Labute approximate surface area is 237 Å². The molecule has 1 N–H and O–H groups in total. The molecule has 8 nitrogen and oxygen atoms in total. The largest absolute Gasteiger partial charge is 0.384 e. The van der Waals surface area contributed by atoms with Crippen LogP contribution >= 0.6 is 0 Å². The molecule has 4 atom stereocenters. The molecule has 0 bridgehead atoms. The minimum Gasteiger partial charge on any atom is -0.384 e. The number of piperazine rings is 1. The molecule has 1 saturated heterocycles. The molecule has 1 aliphatic rings. The van der Waals surface area contributed by atoms with E-state index in [1.165, 1.54) is 5.56 Å². The van der Waals surface area contributed by atoms with Crippen LogP contribution in [-0.4, -0.2) is 70.5 Å². The van der Waals surface area contributed by atoms with Crippen molar-refractivity contribution >= 4 is 11.8 Å². The number of benzene rings is 2. The number of aromatic nitrogens is 2. The smallest absolute Gasteiger partial charge is 0.244 e. The lowest BCUT2D eigenvalue weighted by Gasteiger charge is -2.49. The van der Waals surface area contributed by atoms with Crippen LogP contribution in [-0.2, 0) is 20.9 Å². The number of carbonyl (C=O) groups excluding carboxylic acids is 2. The SMILES string of the molecule is COCC(C)[C@H](c1ccccc1)N1C[C@@H](C)N(C(=O)C(C)C)[C@@H](C(=O)NCc2ccc(-c3ncccn3)cc2)C1. The molecule has 0 radical (unpaired) electrons. The van der Waals surface area contributed by atoms with Gasteiger partial charge in [-0.15, -0.1) is 0 Å². The van der Waals surface area contributed by atoms with Gasteiger partial charge < -0.3 is 15.0 Å². The van der Waals surface area contributed by atoms with Crippen molar-refractivity contribution in [1.82, 2.24) is 25.1 Å². The predicted molar refractivity (Wildman–Crippen MR) is 156 cm³/mol. The van der Waals surface area contributed by atoms with Crippen LogP contribution in [0.4, 0.5) is 0 Å². The summed E-state index contributed by atoms with van der Waals surface area (Å²) in [7, 11) is 1.72. The van der Waals surface area contributed by atoms with Gasteiger partial charge in [-0.2, -0.15) is 0 Å². The number of hydrogen-bond donors (Lipinski definition) is 1. The summed E-state index contributed by atoms with van der Waals surface area (Å²) < 4.78 is 5.53. The van der Waals surface area contributed by atoms with Crippen molar-refractivity contribution in [2.45, 2.75) is 52.4 Å². The average molecular weight is 544 g/mol. The second-order valence-corrected chi connectivity index (χ2v) is 11.0. The van der Waals surface area contributed by atoms with Crippen LogP contribution in [0.2, 0.25) is 0 Å². The number of amides is 2. The highest BCUT2D eigenvalue weighted by Gasteiger charge is 2.42. The lowest BCUT2D eigenvalue weighted by molar-refractivity contribution is -0.151. The third-order valence-corrected chi connectivity index (χ3v) is 7.52. The third kappa shape index (κ3) is 6.92. The number of hydrogen-bond acceptors (Lipinski definition) is 6. The Hall–Kier alpha value is -3.62. The first-order valence-electron chi connectivity index (χ1n) is 14.0. The molecule has 4 rings (SSSR count). The summed E-state index contributed by atoms with van der Waals surface area (Å²) >= 11 is 0. The highest BCUT2D eigenvalue weighted by Crippen LogP contribution is 2.33. The summed E-state index contributed by atoms with van der Waals surface area (Å²) in [6.07, 6.45) is 3.43. The lowest BCUT2D eigenvalue weighted by Crippen LogP contribution is -2.65. The van der Waals surface area contributed by atoms with Gasteiger partial charge in [-0.25, -0.2) is 9.97 Å². The minimum absolute atomic E-state index is 0.000662. The van der Waals surface area contributed by atoms with Gasteiger partial charge in [0.15, 0.2) is 5.82 Å². The van der Waals surface area contributed by atoms with E-state index in [-0.39, 0.29) is 35.7 Å². The predicted octanol–water partition coefficient (Wildman–Crippen LogP) is 4.34. The molecule has 8 heteroatoms. The van der Waals surface area contributed by atoms with Crippen molar-refractivity contribution < 1.29 is 14.3 Å². The number of nitrogens with one attached hydrogen (secondary N) is 1. The van der Waals surface area contributed by atoms with Gasteiger partial charge in [-0.05, 0) is 30.0 Å². The zero-order chi connectivity index (χ0) is 28.6. The summed E-state index contributed by atoms with van der Waals surface area (Å²) in [6.45, 7) is 10.1. The van der Waals surface area contributed by atoms with E-state index in [1.54, 1.807) is 30.5 Å². The molecular formula is C32H41N5O3. The van der Waals surface area contributed by atoms with Crippen LogP contribution in [0.25, 0.3) is 11.4 Å². The fourth-order valence-corrected chi connectivity index (χ4v) is 5.65. The van der Waals surface area contributed by atoms with Crippen molar-refractivity contribution in [1.29, 1.82) is 0 Å². The van der Waals surface area contributed by atoms with Gasteiger partial charge >= 0.3 is 0 Å². The van der Waals surface area contributed by atoms with Crippen LogP contribution in [0.5, 0.6) is 0 Å². The molecule has 3 aromatic rings. The molecule has 2 aromatic carbocycles. The standard InChI is InChI=1S/C32H41N5O3/c1-22(2)32(39)37-24(4)19-36(29(23(3)21-40-5)26-10-7-6-8-11-26)20-28(37)31(38)35-18-25-12-14-27(15-13-25)30-33-16-9-17-34-30/h6-17,22-24,28-29H,18-21H2,1-5H3,(H,35,38)/t23?,24-,28-,29-/m1/s1. The number of carbonyl (C=O) groups is 2. The molecule has 0 saturated carbocycles.